The van der Waals surface area contributed by atoms with E-state index >= 15 is 0 Å². The van der Waals surface area contributed by atoms with Crippen LogP contribution in [0.4, 0.5) is 0 Å². The van der Waals surface area contributed by atoms with Crippen molar-refractivity contribution in [2.24, 2.45) is 0 Å². The van der Waals surface area contributed by atoms with Crippen molar-refractivity contribution < 1.29 is 0 Å². The number of aromatic nitrogens is 3. The maximum atomic E-state index is 4.98. The summed E-state index contributed by atoms with van der Waals surface area (Å²) in [5.74, 6) is 1.97. The molecule has 3 heteroatoms. The molecule has 0 spiro atoms. The first-order valence-corrected chi connectivity index (χ1v) is 18.8. The van der Waals surface area contributed by atoms with Crippen molar-refractivity contribution in [3.63, 3.8) is 0 Å². The monoisotopic (exact) mass is 693 g/mol. The molecule has 2 aliphatic carbocycles. The fourth-order valence-corrected chi connectivity index (χ4v) is 8.78. The SMILES string of the molecule is CC1(C)c2ccccc2-c2cc3c(cc21)-c1cc(-c2cccc(-c4cccc(-c5nc(-c6ccccc6)nc(-c6ccccc6)n5)c4)c2)ccc1C3(C)C. The molecule has 0 amide bonds. The molecule has 8 aromatic rings. The summed E-state index contributed by atoms with van der Waals surface area (Å²) in [6.07, 6.45) is 0. The summed E-state index contributed by atoms with van der Waals surface area (Å²) in [6.45, 7) is 9.49. The van der Waals surface area contributed by atoms with Crippen molar-refractivity contribution >= 4 is 0 Å². The van der Waals surface area contributed by atoms with Crippen LogP contribution in [-0.2, 0) is 10.8 Å². The van der Waals surface area contributed by atoms with Gasteiger partial charge in [0.15, 0.2) is 17.5 Å². The van der Waals surface area contributed by atoms with Crippen molar-refractivity contribution in [3.8, 4) is 78.7 Å². The van der Waals surface area contributed by atoms with E-state index < -0.39 is 0 Å². The van der Waals surface area contributed by atoms with Crippen LogP contribution in [0.25, 0.3) is 78.7 Å². The van der Waals surface area contributed by atoms with Gasteiger partial charge < -0.3 is 0 Å². The Hall–Kier alpha value is -6.45. The molecule has 0 fully saturated rings. The third kappa shape index (κ3) is 5.07. The van der Waals surface area contributed by atoms with E-state index in [1.807, 2.05) is 60.7 Å². The summed E-state index contributed by atoms with van der Waals surface area (Å²) >= 11 is 0. The van der Waals surface area contributed by atoms with Crippen LogP contribution in [0.2, 0.25) is 0 Å². The van der Waals surface area contributed by atoms with E-state index in [9.17, 15) is 0 Å². The van der Waals surface area contributed by atoms with Gasteiger partial charge >= 0.3 is 0 Å². The number of hydrogen-bond donors (Lipinski definition) is 0. The average Bonchev–Trinajstić information content (AvgIpc) is 3.59. The molecule has 54 heavy (non-hydrogen) atoms. The van der Waals surface area contributed by atoms with E-state index in [-0.39, 0.29) is 10.8 Å². The summed E-state index contributed by atoms with van der Waals surface area (Å²) < 4.78 is 0. The second kappa shape index (κ2) is 12.0. The molecule has 3 nitrogen and oxygen atoms in total. The summed E-state index contributed by atoms with van der Waals surface area (Å²) in [5.41, 5.74) is 18.5. The largest absolute Gasteiger partial charge is 0.208 e. The third-order valence-electron chi connectivity index (χ3n) is 11.7. The molecule has 0 saturated heterocycles. The van der Waals surface area contributed by atoms with Crippen molar-refractivity contribution in [3.05, 3.63) is 186 Å². The summed E-state index contributed by atoms with van der Waals surface area (Å²) in [6, 6.07) is 58.7. The molecule has 0 N–H and O–H groups in total. The number of rotatable bonds is 5. The van der Waals surface area contributed by atoms with Crippen LogP contribution in [0.3, 0.4) is 0 Å². The van der Waals surface area contributed by atoms with E-state index in [0.717, 1.165) is 27.8 Å². The minimum absolute atomic E-state index is 0.0398. The zero-order valence-corrected chi connectivity index (χ0v) is 30.9. The molecule has 0 bridgehead atoms. The molecule has 258 valence electrons. The lowest BCUT2D eigenvalue weighted by Gasteiger charge is -2.24. The quantitative estimate of drug-likeness (QED) is 0.180. The first kappa shape index (κ1) is 32.2. The maximum Gasteiger partial charge on any atom is 0.164 e. The number of nitrogens with zero attached hydrogens (tertiary/aromatic N) is 3. The molecule has 7 aromatic carbocycles. The highest BCUT2D eigenvalue weighted by atomic mass is 15.0. The van der Waals surface area contributed by atoms with E-state index in [0.29, 0.717) is 17.5 Å². The van der Waals surface area contributed by atoms with Crippen molar-refractivity contribution in [2.75, 3.05) is 0 Å². The number of fused-ring (bicyclic) bond motifs is 6. The molecular weight excluding hydrogens is 655 g/mol. The highest BCUT2D eigenvalue weighted by molar-refractivity contribution is 5.91. The van der Waals surface area contributed by atoms with E-state index in [4.69, 9.17) is 15.0 Å². The Kier molecular flexibility index (Phi) is 7.19. The fourth-order valence-electron chi connectivity index (χ4n) is 8.78. The van der Waals surface area contributed by atoms with Crippen molar-refractivity contribution in [1.82, 2.24) is 15.0 Å². The number of hydrogen-bond acceptors (Lipinski definition) is 3. The van der Waals surface area contributed by atoms with Crippen LogP contribution in [0, 0.1) is 0 Å². The minimum Gasteiger partial charge on any atom is -0.208 e. The molecule has 0 aliphatic heterocycles. The molecule has 0 radical (unpaired) electrons. The van der Waals surface area contributed by atoms with Gasteiger partial charge in [0.05, 0.1) is 0 Å². The Morgan fingerprint density at radius 1 is 0.278 bits per heavy atom. The Morgan fingerprint density at radius 3 is 1.24 bits per heavy atom. The van der Waals surface area contributed by atoms with Gasteiger partial charge in [-0.05, 0) is 97.1 Å². The van der Waals surface area contributed by atoms with Gasteiger partial charge in [0, 0.05) is 27.5 Å². The van der Waals surface area contributed by atoms with Crippen molar-refractivity contribution in [2.45, 2.75) is 38.5 Å². The highest BCUT2D eigenvalue weighted by Gasteiger charge is 2.41. The van der Waals surface area contributed by atoms with Crippen LogP contribution in [0.5, 0.6) is 0 Å². The van der Waals surface area contributed by atoms with Crippen LogP contribution in [0.1, 0.15) is 49.9 Å². The molecule has 0 saturated carbocycles. The summed E-state index contributed by atoms with van der Waals surface area (Å²) in [4.78, 5) is 14.8. The molecule has 0 unspecified atom stereocenters. The van der Waals surface area contributed by atoms with Crippen LogP contribution >= 0.6 is 0 Å². The smallest absolute Gasteiger partial charge is 0.164 e. The topological polar surface area (TPSA) is 38.7 Å². The molecule has 10 rings (SSSR count). The van der Waals surface area contributed by atoms with E-state index in [2.05, 4.69) is 131 Å². The molecule has 1 aromatic heterocycles. The predicted octanol–water partition coefficient (Wildman–Crippen LogP) is 12.8. The maximum absolute atomic E-state index is 4.98. The minimum atomic E-state index is -0.0853. The van der Waals surface area contributed by atoms with Gasteiger partial charge in [-0.1, -0.05) is 161 Å². The van der Waals surface area contributed by atoms with Crippen LogP contribution in [0.15, 0.2) is 164 Å². The van der Waals surface area contributed by atoms with Crippen molar-refractivity contribution in [1.29, 1.82) is 0 Å². The van der Waals surface area contributed by atoms with Gasteiger partial charge in [0.25, 0.3) is 0 Å². The Bertz CT molecular complexity index is 2700. The van der Waals surface area contributed by atoms with Gasteiger partial charge in [-0.2, -0.15) is 0 Å². The van der Waals surface area contributed by atoms with Gasteiger partial charge in [0.2, 0.25) is 0 Å². The van der Waals surface area contributed by atoms with Gasteiger partial charge in [0.1, 0.15) is 0 Å². The number of benzene rings is 7. The molecule has 0 atom stereocenters. The lowest BCUT2D eigenvalue weighted by Crippen LogP contribution is -2.16. The van der Waals surface area contributed by atoms with E-state index in [1.165, 1.54) is 55.6 Å². The lowest BCUT2D eigenvalue weighted by atomic mass is 9.79. The van der Waals surface area contributed by atoms with E-state index in [1.54, 1.807) is 0 Å². The normalized spacial score (nSPS) is 14.2. The first-order chi connectivity index (χ1) is 26.3. The Labute approximate surface area is 317 Å². The van der Waals surface area contributed by atoms with Crippen LogP contribution in [-0.4, -0.2) is 15.0 Å². The standard InChI is InChI=1S/C51H39N3/c1-50(2)43-24-12-11-23-39(43)41-30-46-42(31-45(41)50)40-29-37(25-26-44(40)51(46,3)4)35-20-13-19-34(27-35)36-21-14-22-38(28-36)49-53-47(32-15-7-5-8-16-32)52-48(54-49)33-17-9-6-10-18-33/h5-31H,1-4H3. The Morgan fingerprint density at radius 2 is 0.667 bits per heavy atom. The second-order valence-corrected chi connectivity index (χ2v) is 15.7. The fraction of sp³-hybridized carbons (Fsp3) is 0.118. The average molecular weight is 694 g/mol. The van der Waals surface area contributed by atoms with Gasteiger partial charge in [-0.15, -0.1) is 0 Å². The van der Waals surface area contributed by atoms with Gasteiger partial charge in [-0.3, -0.25) is 0 Å². The third-order valence-corrected chi connectivity index (χ3v) is 11.7. The summed E-state index contributed by atoms with van der Waals surface area (Å²) in [5, 5.41) is 0. The zero-order chi connectivity index (χ0) is 36.6. The first-order valence-electron chi connectivity index (χ1n) is 18.8. The lowest BCUT2D eigenvalue weighted by molar-refractivity contribution is 0.652. The molecular formula is C51H39N3. The predicted molar refractivity (Wildman–Crippen MR) is 222 cm³/mol. The van der Waals surface area contributed by atoms with Crippen LogP contribution < -0.4 is 0 Å². The zero-order valence-electron chi connectivity index (χ0n) is 30.9. The summed E-state index contributed by atoms with van der Waals surface area (Å²) in [7, 11) is 0. The molecule has 2 aliphatic rings. The molecule has 1 heterocycles. The Balaban J connectivity index is 1.03. The highest BCUT2D eigenvalue weighted by Crippen LogP contribution is 2.56. The van der Waals surface area contributed by atoms with Gasteiger partial charge in [-0.25, -0.2) is 15.0 Å². The second-order valence-electron chi connectivity index (χ2n) is 15.7.